The number of ether oxygens (including phenoxy) is 2. The molecule has 122 valence electrons. The molecule has 0 aliphatic rings. The maximum absolute atomic E-state index is 12.6. The standard InChI is InChI=1S/C18H21NO3S/c1-13(18(20)19(2)14-8-6-5-7-9-14)23-15-10-11-16(21-3)17(12-15)22-4/h5-13H,1-4H3/t13-/m1/s1. The number of carbonyl (C=O) groups is 1. The van der Waals surface area contributed by atoms with E-state index < -0.39 is 0 Å². The fraction of sp³-hybridized carbons (Fsp3) is 0.278. The summed E-state index contributed by atoms with van der Waals surface area (Å²) in [6, 6.07) is 15.3. The Balaban J connectivity index is 2.09. The number of carbonyl (C=O) groups excluding carboxylic acids is 1. The van der Waals surface area contributed by atoms with Gasteiger partial charge in [0, 0.05) is 17.6 Å². The number of thioether (sulfide) groups is 1. The van der Waals surface area contributed by atoms with Crippen LogP contribution in [-0.4, -0.2) is 32.4 Å². The fourth-order valence-corrected chi connectivity index (χ4v) is 3.18. The number of rotatable bonds is 6. The van der Waals surface area contributed by atoms with E-state index in [1.807, 2.05) is 55.5 Å². The van der Waals surface area contributed by atoms with Gasteiger partial charge in [-0.15, -0.1) is 11.8 Å². The van der Waals surface area contributed by atoms with Gasteiger partial charge in [0.15, 0.2) is 11.5 Å². The second kappa shape index (κ2) is 7.92. The first kappa shape index (κ1) is 17.2. The third-order valence-corrected chi connectivity index (χ3v) is 4.57. The zero-order valence-electron chi connectivity index (χ0n) is 13.8. The minimum atomic E-state index is -0.210. The lowest BCUT2D eigenvalue weighted by Crippen LogP contribution is -2.33. The Bertz CT molecular complexity index is 661. The van der Waals surface area contributed by atoms with Gasteiger partial charge in [-0.2, -0.15) is 0 Å². The molecule has 0 radical (unpaired) electrons. The van der Waals surface area contributed by atoms with Crippen LogP contribution in [0.3, 0.4) is 0 Å². The van der Waals surface area contributed by atoms with E-state index in [1.54, 1.807) is 26.2 Å². The Morgan fingerprint density at radius 1 is 1.04 bits per heavy atom. The van der Waals surface area contributed by atoms with Crippen molar-refractivity contribution < 1.29 is 14.3 Å². The van der Waals surface area contributed by atoms with Crippen LogP contribution in [0.15, 0.2) is 53.4 Å². The molecule has 4 nitrogen and oxygen atoms in total. The molecular weight excluding hydrogens is 310 g/mol. The van der Waals surface area contributed by atoms with Crippen molar-refractivity contribution in [3.05, 3.63) is 48.5 Å². The van der Waals surface area contributed by atoms with Crippen molar-refractivity contribution in [1.82, 2.24) is 0 Å². The summed E-state index contributed by atoms with van der Waals surface area (Å²) >= 11 is 1.50. The average Bonchev–Trinajstić information content (AvgIpc) is 2.60. The highest BCUT2D eigenvalue weighted by Gasteiger charge is 2.20. The molecular formula is C18H21NO3S. The predicted molar refractivity (Wildman–Crippen MR) is 94.7 cm³/mol. The largest absolute Gasteiger partial charge is 0.493 e. The summed E-state index contributed by atoms with van der Waals surface area (Å²) in [5.41, 5.74) is 0.886. The van der Waals surface area contributed by atoms with Gasteiger partial charge in [-0.1, -0.05) is 18.2 Å². The molecule has 1 amide bonds. The number of methoxy groups -OCH3 is 2. The molecule has 2 aromatic carbocycles. The number of para-hydroxylation sites is 1. The molecule has 0 spiro atoms. The molecule has 2 rings (SSSR count). The van der Waals surface area contributed by atoms with Gasteiger partial charge in [-0.3, -0.25) is 4.79 Å². The van der Waals surface area contributed by atoms with Crippen LogP contribution in [0.5, 0.6) is 11.5 Å². The fourth-order valence-electron chi connectivity index (χ4n) is 2.20. The van der Waals surface area contributed by atoms with E-state index in [0.717, 1.165) is 10.6 Å². The van der Waals surface area contributed by atoms with E-state index in [1.165, 1.54) is 11.8 Å². The number of nitrogens with zero attached hydrogens (tertiary/aromatic N) is 1. The molecule has 0 saturated carbocycles. The van der Waals surface area contributed by atoms with Gasteiger partial charge in [0.25, 0.3) is 0 Å². The summed E-state index contributed by atoms with van der Waals surface area (Å²) in [6.45, 7) is 1.91. The van der Waals surface area contributed by atoms with E-state index in [4.69, 9.17) is 9.47 Å². The Kier molecular flexibility index (Phi) is 5.93. The van der Waals surface area contributed by atoms with Crippen molar-refractivity contribution in [2.24, 2.45) is 0 Å². The molecule has 0 unspecified atom stereocenters. The lowest BCUT2D eigenvalue weighted by atomic mass is 10.3. The summed E-state index contributed by atoms with van der Waals surface area (Å²) in [6.07, 6.45) is 0. The highest BCUT2D eigenvalue weighted by Crippen LogP contribution is 2.34. The number of hydrogen-bond acceptors (Lipinski definition) is 4. The van der Waals surface area contributed by atoms with E-state index in [-0.39, 0.29) is 11.2 Å². The molecule has 0 aliphatic carbocycles. The van der Waals surface area contributed by atoms with E-state index in [9.17, 15) is 4.79 Å². The van der Waals surface area contributed by atoms with Crippen LogP contribution in [0.4, 0.5) is 5.69 Å². The van der Waals surface area contributed by atoms with Crippen molar-refractivity contribution in [1.29, 1.82) is 0 Å². The van der Waals surface area contributed by atoms with E-state index in [0.29, 0.717) is 11.5 Å². The normalized spacial score (nSPS) is 11.7. The number of benzene rings is 2. The Morgan fingerprint density at radius 2 is 1.70 bits per heavy atom. The maximum atomic E-state index is 12.6. The quantitative estimate of drug-likeness (QED) is 0.754. The van der Waals surface area contributed by atoms with Crippen molar-refractivity contribution in [3.63, 3.8) is 0 Å². The zero-order valence-corrected chi connectivity index (χ0v) is 14.6. The van der Waals surface area contributed by atoms with Crippen LogP contribution in [0.1, 0.15) is 6.92 Å². The first-order valence-corrected chi connectivity index (χ1v) is 8.16. The summed E-state index contributed by atoms with van der Waals surface area (Å²) < 4.78 is 10.5. The van der Waals surface area contributed by atoms with Gasteiger partial charge in [-0.25, -0.2) is 0 Å². The van der Waals surface area contributed by atoms with Crippen molar-refractivity contribution in [3.8, 4) is 11.5 Å². The topological polar surface area (TPSA) is 38.8 Å². The molecule has 23 heavy (non-hydrogen) atoms. The SMILES string of the molecule is COc1ccc(S[C@H](C)C(=O)N(C)c2ccccc2)cc1OC. The third-order valence-electron chi connectivity index (χ3n) is 3.49. The Morgan fingerprint density at radius 3 is 2.30 bits per heavy atom. The molecule has 0 aliphatic heterocycles. The van der Waals surface area contributed by atoms with Crippen LogP contribution >= 0.6 is 11.8 Å². The lowest BCUT2D eigenvalue weighted by Gasteiger charge is -2.21. The summed E-state index contributed by atoms with van der Waals surface area (Å²) in [4.78, 5) is 15.2. The molecule has 0 saturated heterocycles. The third kappa shape index (κ3) is 4.20. The molecule has 0 heterocycles. The first-order chi connectivity index (χ1) is 11.1. The van der Waals surface area contributed by atoms with Gasteiger partial charge >= 0.3 is 0 Å². The second-order valence-corrected chi connectivity index (χ2v) is 6.42. The molecule has 5 heteroatoms. The van der Waals surface area contributed by atoms with Gasteiger partial charge in [-0.05, 0) is 37.3 Å². The minimum absolute atomic E-state index is 0.0518. The Labute approximate surface area is 141 Å². The number of hydrogen-bond donors (Lipinski definition) is 0. The van der Waals surface area contributed by atoms with Crippen LogP contribution in [0.25, 0.3) is 0 Å². The Hall–Kier alpha value is -2.14. The highest BCUT2D eigenvalue weighted by atomic mass is 32.2. The monoisotopic (exact) mass is 331 g/mol. The number of anilines is 1. The minimum Gasteiger partial charge on any atom is -0.493 e. The first-order valence-electron chi connectivity index (χ1n) is 7.28. The second-order valence-electron chi connectivity index (χ2n) is 5.01. The molecule has 0 N–H and O–H groups in total. The summed E-state index contributed by atoms with van der Waals surface area (Å²) in [7, 11) is 5.00. The van der Waals surface area contributed by atoms with Crippen LogP contribution in [0, 0.1) is 0 Å². The van der Waals surface area contributed by atoms with Gasteiger partial charge in [0.1, 0.15) is 0 Å². The molecule has 0 bridgehead atoms. The van der Waals surface area contributed by atoms with Crippen molar-refractivity contribution in [2.45, 2.75) is 17.1 Å². The van der Waals surface area contributed by atoms with Gasteiger partial charge < -0.3 is 14.4 Å². The predicted octanol–water partition coefficient (Wildman–Crippen LogP) is 3.85. The smallest absolute Gasteiger partial charge is 0.239 e. The molecule has 0 aromatic heterocycles. The van der Waals surface area contributed by atoms with Gasteiger partial charge in [0.05, 0.1) is 19.5 Å². The van der Waals surface area contributed by atoms with Crippen LogP contribution in [-0.2, 0) is 4.79 Å². The average molecular weight is 331 g/mol. The highest BCUT2D eigenvalue weighted by molar-refractivity contribution is 8.00. The number of amides is 1. The van der Waals surface area contributed by atoms with Crippen molar-refractivity contribution in [2.75, 3.05) is 26.2 Å². The van der Waals surface area contributed by atoms with Crippen molar-refractivity contribution >= 4 is 23.4 Å². The lowest BCUT2D eigenvalue weighted by molar-refractivity contribution is -0.117. The van der Waals surface area contributed by atoms with Crippen LogP contribution < -0.4 is 14.4 Å². The zero-order chi connectivity index (χ0) is 16.8. The summed E-state index contributed by atoms with van der Waals surface area (Å²) in [5.74, 6) is 1.39. The van der Waals surface area contributed by atoms with Crippen LogP contribution in [0.2, 0.25) is 0 Å². The maximum Gasteiger partial charge on any atom is 0.239 e. The van der Waals surface area contributed by atoms with E-state index in [2.05, 4.69) is 0 Å². The molecule has 1 atom stereocenters. The van der Waals surface area contributed by atoms with Gasteiger partial charge in [0.2, 0.25) is 5.91 Å². The van der Waals surface area contributed by atoms with E-state index >= 15 is 0 Å². The summed E-state index contributed by atoms with van der Waals surface area (Å²) in [5, 5.41) is -0.210. The molecule has 2 aromatic rings. The molecule has 0 fully saturated rings.